The van der Waals surface area contributed by atoms with Gasteiger partial charge in [0.1, 0.15) is 5.75 Å². The molecule has 3 rings (SSSR count). The predicted octanol–water partition coefficient (Wildman–Crippen LogP) is 7.04. The molecule has 160 valence electrons. The lowest BCUT2D eigenvalue weighted by atomic mass is 10.0. The van der Waals surface area contributed by atoms with Gasteiger partial charge in [-0.2, -0.15) is 5.26 Å². The molecule has 0 atom stereocenters. The van der Waals surface area contributed by atoms with Gasteiger partial charge in [0.05, 0.1) is 31.0 Å². The molecule has 0 unspecified atom stereocenters. The van der Waals surface area contributed by atoms with Gasteiger partial charge in [0.25, 0.3) is 0 Å². The SMILES string of the molecule is CCCCCCCCOc1ccc(-c2cc(-c3ccc(C#N)cc3)cc(OC)n2)cc1. The summed E-state index contributed by atoms with van der Waals surface area (Å²) in [5.41, 5.74) is 4.48. The van der Waals surface area contributed by atoms with Gasteiger partial charge in [-0.15, -0.1) is 0 Å². The summed E-state index contributed by atoms with van der Waals surface area (Å²) in [7, 11) is 1.62. The molecule has 4 nitrogen and oxygen atoms in total. The van der Waals surface area contributed by atoms with Gasteiger partial charge < -0.3 is 9.47 Å². The van der Waals surface area contributed by atoms with Crippen molar-refractivity contribution in [2.24, 2.45) is 0 Å². The maximum Gasteiger partial charge on any atom is 0.214 e. The number of nitrogens with zero attached hydrogens (tertiary/aromatic N) is 2. The third-order valence-electron chi connectivity index (χ3n) is 5.28. The van der Waals surface area contributed by atoms with E-state index in [1.54, 1.807) is 7.11 Å². The summed E-state index contributed by atoms with van der Waals surface area (Å²) in [6.07, 6.45) is 7.54. The zero-order chi connectivity index (χ0) is 21.9. The topological polar surface area (TPSA) is 55.1 Å². The highest BCUT2D eigenvalue weighted by atomic mass is 16.5. The van der Waals surface area contributed by atoms with Gasteiger partial charge in [-0.3, -0.25) is 0 Å². The maximum atomic E-state index is 9.02. The molecule has 3 aromatic rings. The van der Waals surface area contributed by atoms with Crippen molar-refractivity contribution in [3.63, 3.8) is 0 Å². The Kier molecular flexibility index (Phi) is 8.48. The van der Waals surface area contributed by atoms with E-state index in [0.717, 1.165) is 41.2 Å². The van der Waals surface area contributed by atoms with E-state index >= 15 is 0 Å². The van der Waals surface area contributed by atoms with E-state index in [2.05, 4.69) is 18.0 Å². The van der Waals surface area contributed by atoms with Crippen molar-refractivity contribution >= 4 is 0 Å². The zero-order valence-corrected chi connectivity index (χ0v) is 18.4. The molecular formula is C27H30N2O2. The summed E-state index contributed by atoms with van der Waals surface area (Å²) in [5, 5.41) is 9.02. The van der Waals surface area contributed by atoms with Gasteiger partial charge in [0.2, 0.25) is 5.88 Å². The standard InChI is InChI=1S/C27H30N2O2/c1-3-4-5-6-7-8-17-31-25-15-13-23(14-16-25)26-18-24(19-27(29-26)30-2)22-11-9-21(20-28)10-12-22/h9-16,18-19H,3-8,17H2,1-2H3. The highest BCUT2D eigenvalue weighted by Gasteiger charge is 2.08. The van der Waals surface area contributed by atoms with Gasteiger partial charge >= 0.3 is 0 Å². The first-order valence-electron chi connectivity index (χ1n) is 11.0. The molecule has 0 spiro atoms. The number of nitriles is 1. The minimum atomic E-state index is 0.556. The van der Waals surface area contributed by atoms with Crippen LogP contribution in [0.25, 0.3) is 22.4 Å². The van der Waals surface area contributed by atoms with Crippen molar-refractivity contribution in [2.75, 3.05) is 13.7 Å². The first kappa shape index (κ1) is 22.4. The third-order valence-corrected chi connectivity index (χ3v) is 5.28. The Balaban J connectivity index is 1.67. The van der Waals surface area contributed by atoms with Crippen LogP contribution in [0.3, 0.4) is 0 Å². The average molecular weight is 415 g/mol. The van der Waals surface area contributed by atoms with Crippen LogP contribution in [0, 0.1) is 11.3 Å². The van der Waals surface area contributed by atoms with Crippen LogP contribution in [0.2, 0.25) is 0 Å². The van der Waals surface area contributed by atoms with Gasteiger partial charge in [-0.05, 0) is 60.0 Å². The number of hydrogen-bond donors (Lipinski definition) is 0. The van der Waals surface area contributed by atoms with Crippen LogP contribution in [-0.2, 0) is 0 Å². The Morgan fingerprint density at radius 2 is 1.48 bits per heavy atom. The van der Waals surface area contributed by atoms with E-state index in [1.807, 2.05) is 60.7 Å². The van der Waals surface area contributed by atoms with Crippen LogP contribution in [0.15, 0.2) is 60.7 Å². The number of rotatable bonds is 11. The molecule has 0 N–H and O–H groups in total. The molecule has 0 saturated heterocycles. The van der Waals surface area contributed by atoms with Crippen LogP contribution in [0.1, 0.15) is 51.0 Å². The summed E-state index contributed by atoms with van der Waals surface area (Å²) in [6, 6.07) is 21.7. The molecule has 0 amide bonds. The fraction of sp³-hybridized carbons (Fsp3) is 0.333. The molecule has 0 aliphatic rings. The molecule has 31 heavy (non-hydrogen) atoms. The van der Waals surface area contributed by atoms with Crippen molar-refractivity contribution in [1.82, 2.24) is 4.98 Å². The Bertz CT molecular complexity index is 989. The number of hydrogen-bond acceptors (Lipinski definition) is 4. The Morgan fingerprint density at radius 1 is 0.806 bits per heavy atom. The molecule has 0 fully saturated rings. The summed E-state index contributed by atoms with van der Waals surface area (Å²) in [5.74, 6) is 1.44. The molecule has 2 aromatic carbocycles. The average Bonchev–Trinajstić information content (AvgIpc) is 2.83. The van der Waals surface area contributed by atoms with Gasteiger partial charge in [0, 0.05) is 11.6 Å². The number of aromatic nitrogens is 1. The smallest absolute Gasteiger partial charge is 0.214 e. The van der Waals surface area contributed by atoms with Gasteiger partial charge in [0.15, 0.2) is 0 Å². The van der Waals surface area contributed by atoms with Crippen molar-refractivity contribution in [2.45, 2.75) is 45.4 Å². The third kappa shape index (κ3) is 6.58. The summed E-state index contributed by atoms with van der Waals surface area (Å²) < 4.78 is 11.3. The lowest BCUT2D eigenvalue weighted by Gasteiger charge is -2.10. The lowest BCUT2D eigenvalue weighted by Crippen LogP contribution is -1.97. The highest BCUT2D eigenvalue weighted by Crippen LogP contribution is 2.29. The van der Waals surface area contributed by atoms with E-state index in [4.69, 9.17) is 14.7 Å². The second kappa shape index (κ2) is 11.8. The molecule has 4 heteroatoms. The van der Waals surface area contributed by atoms with E-state index < -0.39 is 0 Å². The molecule has 1 aromatic heterocycles. The van der Waals surface area contributed by atoms with Gasteiger partial charge in [-0.1, -0.05) is 51.2 Å². The second-order valence-corrected chi connectivity index (χ2v) is 7.61. The number of unbranched alkanes of at least 4 members (excludes halogenated alkanes) is 5. The molecular weight excluding hydrogens is 384 g/mol. The van der Waals surface area contributed by atoms with Gasteiger partial charge in [-0.25, -0.2) is 4.98 Å². The van der Waals surface area contributed by atoms with E-state index in [9.17, 15) is 0 Å². The Hall–Kier alpha value is -3.32. The van der Waals surface area contributed by atoms with Crippen molar-refractivity contribution in [3.05, 3.63) is 66.2 Å². The quantitative estimate of drug-likeness (QED) is 0.316. The van der Waals surface area contributed by atoms with Crippen molar-refractivity contribution in [3.8, 4) is 40.1 Å². The maximum absolute atomic E-state index is 9.02. The van der Waals surface area contributed by atoms with Crippen LogP contribution >= 0.6 is 0 Å². The van der Waals surface area contributed by atoms with Crippen LogP contribution in [0.4, 0.5) is 0 Å². The Labute approximate surface area is 185 Å². The fourth-order valence-corrected chi connectivity index (χ4v) is 3.46. The predicted molar refractivity (Wildman–Crippen MR) is 125 cm³/mol. The number of methoxy groups -OCH3 is 1. The minimum absolute atomic E-state index is 0.556. The molecule has 0 bridgehead atoms. The van der Waals surface area contributed by atoms with Crippen LogP contribution < -0.4 is 9.47 Å². The van der Waals surface area contributed by atoms with Crippen molar-refractivity contribution in [1.29, 1.82) is 5.26 Å². The zero-order valence-electron chi connectivity index (χ0n) is 18.4. The number of benzene rings is 2. The molecule has 0 radical (unpaired) electrons. The monoisotopic (exact) mass is 414 g/mol. The fourth-order valence-electron chi connectivity index (χ4n) is 3.46. The summed E-state index contributed by atoms with van der Waals surface area (Å²) >= 11 is 0. The minimum Gasteiger partial charge on any atom is -0.494 e. The second-order valence-electron chi connectivity index (χ2n) is 7.61. The van der Waals surface area contributed by atoms with Crippen LogP contribution in [-0.4, -0.2) is 18.7 Å². The van der Waals surface area contributed by atoms with E-state index in [0.29, 0.717) is 11.4 Å². The normalized spacial score (nSPS) is 10.5. The van der Waals surface area contributed by atoms with Crippen LogP contribution in [0.5, 0.6) is 11.6 Å². The largest absolute Gasteiger partial charge is 0.494 e. The summed E-state index contributed by atoms with van der Waals surface area (Å²) in [4.78, 5) is 4.61. The highest BCUT2D eigenvalue weighted by molar-refractivity contribution is 5.72. The van der Waals surface area contributed by atoms with E-state index in [-0.39, 0.29) is 0 Å². The first-order valence-corrected chi connectivity index (χ1v) is 11.0. The number of ether oxygens (including phenoxy) is 2. The van der Waals surface area contributed by atoms with E-state index in [1.165, 1.54) is 32.1 Å². The lowest BCUT2D eigenvalue weighted by molar-refractivity contribution is 0.304. The molecule has 0 saturated carbocycles. The first-order chi connectivity index (χ1) is 15.2. The number of pyridine rings is 1. The molecule has 1 heterocycles. The summed E-state index contributed by atoms with van der Waals surface area (Å²) in [6.45, 7) is 2.99. The van der Waals surface area contributed by atoms with Crippen molar-refractivity contribution < 1.29 is 9.47 Å². The molecule has 0 aliphatic carbocycles. The Morgan fingerprint density at radius 3 is 2.16 bits per heavy atom. The molecule has 0 aliphatic heterocycles.